The van der Waals surface area contributed by atoms with E-state index < -0.39 is 6.30 Å². The van der Waals surface area contributed by atoms with Gasteiger partial charge in [0.25, 0.3) is 0 Å². The molecule has 5 nitrogen and oxygen atoms in total. The monoisotopic (exact) mass is 365 g/mol. The van der Waals surface area contributed by atoms with Crippen molar-refractivity contribution in [1.29, 1.82) is 0 Å². The highest BCUT2D eigenvalue weighted by atomic mass is 19.1. The number of piperazine rings is 1. The van der Waals surface area contributed by atoms with Gasteiger partial charge in [0.1, 0.15) is 0 Å². The van der Waals surface area contributed by atoms with Crippen molar-refractivity contribution in [2.24, 2.45) is 0 Å². The number of H-pyrrole nitrogens is 1. The Balaban J connectivity index is 1.16. The Hall–Kier alpha value is -2.44. The fraction of sp³-hybridized carbons (Fsp3) is 0.381. The summed E-state index contributed by atoms with van der Waals surface area (Å²) < 4.78 is 14.6. The molecule has 0 aliphatic carbocycles. The van der Waals surface area contributed by atoms with Crippen LogP contribution >= 0.6 is 0 Å². The molecule has 0 bridgehead atoms. The molecule has 3 heterocycles. The van der Waals surface area contributed by atoms with Gasteiger partial charge in [0.2, 0.25) is 0 Å². The van der Waals surface area contributed by atoms with E-state index in [1.165, 1.54) is 5.39 Å². The van der Waals surface area contributed by atoms with Crippen LogP contribution < -0.4 is 4.90 Å². The lowest BCUT2D eigenvalue weighted by Gasteiger charge is -2.35. The van der Waals surface area contributed by atoms with Crippen LogP contribution in [0.1, 0.15) is 17.4 Å². The van der Waals surface area contributed by atoms with E-state index in [1.807, 2.05) is 35.2 Å². The summed E-state index contributed by atoms with van der Waals surface area (Å²) >= 11 is 0. The van der Waals surface area contributed by atoms with Crippen LogP contribution in [-0.2, 0) is 6.54 Å². The number of aromatic amines is 1. The quantitative estimate of drug-likeness (QED) is 0.721. The van der Waals surface area contributed by atoms with Gasteiger partial charge in [0.05, 0.1) is 5.52 Å². The molecule has 2 aliphatic rings. The summed E-state index contributed by atoms with van der Waals surface area (Å²) in [6.45, 7) is 6.27. The molecule has 1 aromatic heterocycles. The number of benzene rings is 2. The molecule has 1 fully saturated rings. The highest BCUT2D eigenvalue weighted by Crippen LogP contribution is 2.34. The van der Waals surface area contributed by atoms with Gasteiger partial charge in [-0.05, 0) is 17.7 Å². The van der Waals surface area contributed by atoms with Crippen molar-refractivity contribution < 1.29 is 4.39 Å². The van der Waals surface area contributed by atoms with Gasteiger partial charge in [-0.15, -0.1) is 0 Å². The third-order valence-electron chi connectivity index (χ3n) is 5.83. The van der Waals surface area contributed by atoms with E-state index in [0.29, 0.717) is 0 Å². The number of alkyl halides is 1. The molecule has 2 aliphatic heterocycles. The zero-order chi connectivity index (χ0) is 18.2. The number of fused-ring (bicyclic) bond motifs is 2. The van der Waals surface area contributed by atoms with E-state index in [-0.39, 0.29) is 0 Å². The average molecular weight is 365 g/mol. The van der Waals surface area contributed by atoms with Crippen molar-refractivity contribution in [2.75, 3.05) is 44.2 Å². The van der Waals surface area contributed by atoms with Gasteiger partial charge in [-0.2, -0.15) is 5.10 Å². The molecule has 0 saturated carbocycles. The van der Waals surface area contributed by atoms with E-state index in [4.69, 9.17) is 0 Å². The first kappa shape index (κ1) is 16.7. The topological polar surface area (TPSA) is 38.4 Å². The lowest BCUT2D eigenvalue weighted by Crippen LogP contribution is -2.48. The molecule has 0 spiro atoms. The Bertz CT molecular complexity index is 931. The SMILES string of the molecule is FC1c2ccccc2CN1CCN1CCN(c2n[nH]c3ccccc23)CC1. The highest BCUT2D eigenvalue weighted by molar-refractivity contribution is 5.90. The molecular formula is C21H24FN5. The summed E-state index contributed by atoms with van der Waals surface area (Å²) in [5.74, 6) is 1.05. The van der Waals surface area contributed by atoms with Crippen molar-refractivity contribution in [3.63, 3.8) is 0 Å². The van der Waals surface area contributed by atoms with Crippen molar-refractivity contribution in [2.45, 2.75) is 12.8 Å². The first-order valence-corrected chi connectivity index (χ1v) is 9.66. The van der Waals surface area contributed by atoms with E-state index in [2.05, 4.69) is 38.2 Å². The van der Waals surface area contributed by atoms with E-state index >= 15 is 0 Å². The van der Waals surface area contributed by atoms with Crippen molar-refractivity contribution >= 4 is 16.7 Å². The number of aromatic nitrogens is 2. The molecule has 1 saturated heterocycles. The first-order valence-electron chi connectivity index (χ1n) is 9.66. The molecule has 0 amide bonds. The summed E-state index contributed by atoms with van der Waals surface area (Å²) in [5.41, 5.74) is 3.05. The average Bonchev–Trinajstić information content (AvgIpc) is 3.29. The third-order valence-corrected chi connectivity index (χ3v) is 5.83. The molecule has 3 aromatic rings. The summed E-state index contributed by atoms with van der Waals surface area (Å²) in [5, 5.41) is 8.81. The number of hydrogen-bond donors (Lipinski definition) is 1. The molecule has 1 N–H and O–H groups in total. The number of nitrogens with one attached hydrogen (secondary N) is 1. The Morgan fingerprint density at radius 2 is 1.74 bits per heavy atom. The highest BCUT2D eigenvalue weighted by Gasteiger charge is 2.30. The number of para-hydroxylation sites is 1. The first-order chi connectivity index (χ1) is 13.3. The van der Waals surface area contributed by atoms with Crippen LogP contribution in [0, 0.1) is 0 Å². The third kappa shape index (κ3) is 3.09. The van der Waals surface area contributed by atoms with E-state index in [1.54, 1.807) is 0 Å². The standard InChI is InChI=1S/C21H24FN5/c22-20-17-6-2-1-5-16(17)15-27(20)14-11-25-9-12-26(13-10-25)21-18-7-3-4-8-19(18)23-24-21/h1-8,20H,9-15H2,(H,23,24). The largest absolute Gasteiger partial charge is 0.352 e. The zero-order valence-electron chi connectivity index (χ0n) is 15.3. The molecule has 27 heavy (non-hydrogen) atoms. The fourth-order valence-electron chi connectivity index (χ4n) is 4.24. The Labute approximate surface area is 158 Å². The van der Waals surface area contributed by atoms with Gasteiger partial charge in [0, 0.05) is 56.8 Å². The lowest BCUT2D eigenvalue weighted by atomic mass is 10.1. The Kier molecular flexibility index (Phi) is 4.30. The maximum Gasteiger partial charge on any atom is 0.180 e. The van der Waals surface area contributed by atoms with Crippen LogP contribution in [0.15, 0.2) is 48.5 Å². The number of nitrogens with zero attached hydrogens (tertiary/aromatic N) is 4. The summed E-state index contributed by atoms with van der Waals surface area (Å²) in [6.07, 6.45) is -0.960. The Morgan fingerprint density at radius 1 is 0.963 bits per heavy atom. The normalized spacial score (nSPS) is 21.1. The van der Waals surface area contributed by atoms with Crippen molar-refractivity contribution in [1.82, 2.24) is 20.0 Å². The predicted molar refractivity (Wildman–Crippen MR) is 105 cm³/mol. The molecule has 1 unspecified atom stereocenters. The van der Waals surface area contributed by atoms with Gasteiger partial charge in [0.15, 0.2) is 12.1 Å². The fourth-order valence-corrected chi connectivity index (χ4v) is 4.24. The molecule has 5 rings (SSSR count). The number of rotatable bonds is 4. The molecule has 1 atom stereocenters. The Morgan fingerprint density at radius 3 is 2.59 bits per heavy atom. The van der Waals surface area contributed by atoms with Crippen molar-refractivity contribution in [3.8, 4) is 0 Å². The molecule has 140 valence electrons. The van der Waals surface area contributed by atoms with E-state index in [0.717, 1.165) is 68.3 Å². The van der Waals surface area contributed by atoms with Crippen LogP contribution in [0.3, 0.4) is 0 Å². The molecule has 0 radical (unpaired) electrons. The summed E-state index contributed by atoms with van der Waals surface area (Å²) in [4.78, 5) is 6.72. The van der Waals surface area contributed by atoms with Crippen LogP contribution in [0.4, 0.5) is 10.2 Å². The van der Waals surface area contributed by atoms with Crippen LogP contribution in [0.5, 0.6) is 0 Å². The van der Waals surface area contributed by atoms with Gasteiger partial charge < -0.3 is 4.90 Å². The molecular weight excluding hydrogens is 341 g/mol. The maximum absolute atomic E-state index is 14.6. The minimum atomic E-state index is -0.960. The van der Waals surface area contributed by atoms with Gasteiger partial charge in [-0.25, -0.2) is 4.39 Å². The van der Waals surface area contributed by atoms with Gasteiger partial charge >= 0.3 is 0 Å². The lowest BCUT2D eigenvalue weighted by molar-refractivity contribution is 0.0818. The maximum atomic E-state index is 14.6. The molecule has 2 aromatic carbocycles. The van der Waals surface area contributed by atoms with E-state index in [9.17, 15) is 4.39 Å². The smallest absolute Gasteiger partial charge is 0.180 e. The predicted octanol–water partition coefficient (Wildman–Crippen LogP) is 3.17. The van der Waals surface area contributed by atoms with Crippen LogP contribution in [0.25, 0.3) is 10.9 Å². The van der Waals surface area contributed by atoms with Gasteiger partial charge in [-0.1, -0.05) is 36.4 Å². The van der Waals surface area contributed by atoms with Crippen LogP contribution in [-0.4, -0.2) is 59.3 Å². The summed E-state index contributed by atoms with van der Waals surface area (Å²) in [6, 6.07) is 16.1. The minimum Gasteiger partial charge on any atom is -0.352 e. The number of hydrogen-bond acceptors (Lipinski definition) is 4. The second-order valence-corrected chi connectivity index (χ2v) is 7.43. The van der Waals surface area contributed by atoms with Crippen LogP contribution in [0.2, 0.25) is 0 Å². The zero-order valence-corrected chi connectivity index (χ0v) is 15.3. The second kappa shape index (κ2) is 6.94. The summed E-state index contributed by atoms with van der Waals surface area (Å²) in [7, 11) is 0. The minimum absolute atomic E-state index is 0.719. The molecule has 6 heteroatoms. The number of anilines is 1. The van der Waals surface area contributed by atoms with Gasteiger partial charge in [-0.3, -0.25) is 14.9 Å². The van der Waals surface area contributed by atoms with Crippen molar-refractivity contribution in [3.05, 3.63) is 59.7 Å². The second-order valence-electron chi connectivity index (χ2n) is 7.43. The number of halogens is 1.